The summed E-state index contributed by atoms with van der Waals surface area (Å²) in [5.41, 5.74) is 3.34. The Morgan fingerprint density at radius 3 is 2.82 bits per heavy atom. The van der Waals surface area contributed by atoms with Crippen LogP contribution in [0.1, 0.15) is 29.2 Å². The highest BCUT2D eigenvalue weighted by molar-refractivity contribution is 5.38. The van der Waals surface area contributed by atoms with Crippen LogP contribution in [0.5, 0.6) is 5.75 Å². The molecule has 2 atom stereocenters. The van der Waals surface area contributed by atoms with Gasteiger partial charge in [-0.05, 0) is 60.2 Å². The Hall–Kier alpha value is -2.02. The first-order valence-electron chi connectivity index (χ1n) is 9.80. The maximum absolute atomic E-state index is 13.5. The number of halogens is 2. The molecule has 150 valence electrons. The second-order valence-electron chi connectivity index (χ2n) is 7.54. The summed E-state index contributed by atoms with van der Waals surface area (Å²) in [6, 6.07) is 9.98. The van der Waals surface area contributed by atoms with Crippen molar-refractivity contribution in [3.05, 3.63) is 64.7 Å². The molecule has 1 aliphatic heterocycles. The van der Waals surface area contributed by atoms with Gasteiger partial charge in [0.25, 0.3) is 0 Å². The van der Waals surface area contributed by atoms with Crippen molar-refractivity contribution in [2.75, 3.05) is 32.8 Å². The summed E-state index contributed by atoms with van der Waals surface area (Å²) in [5.74, 6) is -0.946. The number of morpholine rings is 1. The van der Waals surface area contributed by atoms with Crippen molar-refractivity contribution in [1.29, 1.82) is 0 Å². The van der Waals surface area contributed by atoms with Crippen LogP contribution in [0.25, 0.3) is 0 Å². The third-order valence-electron chi connectivity index (χ3n) is 5.45. The van der Waals surface area contributed by atoms with Gasteiger partial charge in [0.05, 0.1) is 12.7 Å². The Bertz CT molecular complexity index is 829. The van der Waals surface area contributed by atoms with Gasteiger partial charge in [-0.3, -0.25) is 4.90 Å². The van der Waals surface area contributed by atoms with Crippen molar-refractivity contribution < 1.29 is 23.4 Å². The molecule has 0 amide bonds. The number of ether oxygens (including phenoxy) is 2. The van der Waals surface area contributed by atoms with Gasteiger partial charge in [0.2, 0.25) is 0 Å². The van der Waals surface area contributed by atoms with Gasteiger partial charge in [0.15, 0.2) is 11.6 Å². The molecule has 2 unspecified atom stereocenters. The maximum atomic E-state index is 13.5. The fourth-order valence-corrected chi connectivity index (χ4v) is 3.96. The van der Waals surface area contributed by atoms with Gasteiger partial charge in [0.1, 0.15) is 18.5 Å². The number of fused-ring (bicyclic) bond motifs is 1. The van der Waals surface area contributed by atoms with Gasteiger partial charge in [-0.25, -0.2) is 8.78 Å². The quantitative estimate of drug-likeness (QED) is 0.824. The van der Waals surface area contributed by atoms with Crippen LogP contribution >= 0.6 is 0 Å². The van der Waals surface area contributed by atoms with Gasteiger partial charge in [-0.2, -0.15) is 0 Å². The minimum Gasteiger partial charge on any atom is -0.491 e. The van der Waals surface area contributed by atoms with Crippen molar-refractivity contribution in [2.45, 2.75) is 31.5 Å². The standard InChI is InChI=1S/C22H25F2NO3/c23-20-7-5-17(11-21(20)24)22-13-25(8-9-27-22)12-18(26)14-28-19-6-4-15-2-1-3-16(15)10-19/h4-7,10-11,18,22,26H,1-3,8-9,12-14H2. The maximum Gasteiger partial charge on any atom is 0.159 e. The molecule has 1 saturated heterocycles. The van der Waals surface area contributed by atoms with E-state index in [1.165, 1.54) is 23.6 Å². The van der Waals surface area contributed by atoms with Crippen LogP contribution < -0.4 is 4.74 Å². The monoisotopic (exact) mass is 389 g/mol. The highest BCUT2D eigenvalue weighted by atomic mass is 19.2. The van der Waals surface area contributed by atoms with Crippen LogP contribution in [0.3, 0.4) is 0 Å². The summed E-state index contributed by atoms with van der Waals surface area (Å²) in [5, 5.41) is 10.4. The highest BCUT2D eigenvalue weighted by Crippen LogP contribution is 2.26. The average Bonchev–Trinajstić information content (AvgIpc) is 3.16. The predicted octanol–water partition coefficient (Wildman–Crippen LogP) is 3.27. The minimum atomic E-state index is -0.874. The van der Waals surface area contributed by atoms with E-state index in [0.29, 0.717) is 31.8 Å². The normalized spacial score (nSPS) is 20.8. The lowest BCUT2D eigenvalue weighted by Crippen LogP contribution is -2.43. The molecule has 0 spiro atoms. The van der Waals surface area contributed by atoms with E-state index in [9.17, 15) is 13.9 Å². The first-order chi connectivity index (χ1) is 13.6. The lowest BCUT2D eigenvalue weighted by Gasteiger charge is -2.34. The van der Waals surface area contributed by atoms with Crippen molar-refractivity contribution in [1.82, 2.24) is 4.90 Å². The number of aliphatic hydroxyl groups is 1. The first kappa shape index (κ1) is 19.3. The molecule has 0 aromatic heterocycles. The zero-order valence-corrected chi connectivity index (χ0v) is 15.7. The third kappa shape index (κ3) is 4.51. The summed E-state index contributed by atoms with van der Waals surface area (Å²) in [6.07, 6.45) is 2.44. The van der Waals surface area contributed by atoms with Gasteiger partial charge in [-0.15, -0.1) is 0 Å². The molecule has 1 fully saturated rings. The fraction of sp³-hybridized carbons (Fsp3) is 0.455. The van der Waals surface area contributed by atoms with E-state index in [2.05, 4.69) is 17.0 Å². The van der Waals surface area contributed by atoms with Crippen LogP contribution in [-0.2, 0) is 17.6 Å². The average molecular weight is 389 g/mol. The van der Waals surface area contributed by atoms with Crippen molar-refractivity contribution >= 4 is 0 Å². The van der Waals surface area contributed by atoms with E-state index in [0.717, 1.165) is 24.7 Å². The van der Waals surface area contributed by atoms with Gasteiger partial charge >= 0.3 is 0 Å². The zero-order chi connectivity index (χ0) is 19.5. The van der Waals surface area contributed by atoms with Gasteiger partial charge in [-0.1, -0.05) is 12.1 Å². The number of aliphatic hydroxyl groups excluding tert-OH is 1. The second-order valence-corrected chi connectivity index (χ2v) is 7.54. The van der Waals surface area contributed by atoms with Crippen LogP contribution in [0.2, 0.25) is 0 Å². The van der Waals surface area contributed by atoms with E-state index in [1.807, 2.05) is 6.07 Å². The van der Waals surface area contributed by atoms with E-state index < -0.39 is 17.7 Å². The Kier molecular flexibility index (Phi) is 5.90. The number of aryl methyl sites for hydroxylation is 2. The molecule has 0 bridgehead atoms. The topological polar surface area (TPSA) is 41.9 Å². The first-order valence-corrected chi connectivity index (χ1v) is 9.80. The lowest BCUT2D eigenvalue weighted by atomic mass is 10.1. The Morgan fingerprint density at radius 2 is 1.96 bits per heavy atom. The SMILES string of the molecule is OC(COc1ccc2c(c1)CCC2)CN1CCOC(c2ccc(F)c(F)c2)C1. The number of benzene rings is 2. The van der Waals surface area contributed by atoms with E-state index >= 15 is 0 Å². The molecule has 0 radical (unpaired) electrons. The molecular formula is C22H25F2NO3. The molecule has 6 heteroatoms. The highest BCUT2D eigenvalue weighted by Gasteiger charge is 2.24. The molecule has 2 aromatic rings. The predicted molar refractivity (Wildman–Crippen MR) is 101 cm³/mol. The minimum absolute atomic E-state index is 0.214. The van der Waals surface area contributed by atoms with Crippen molar-refractivity contribution in [3.8, 4) is 5.75 Å². The Labute approximate surface area is 163 Å². The molecular weight excluding hydrogens is 364 g/mol. The van der Waals surface area contributed by atoms with E-state index in [4.69, 9.17) is 9.47 Å². The largest absolute Gasteiger partial charge is 0.491 e. The third-order valence-corrected chi connectivity index (χ3v) is 5.45. The number of hydrogen-bond donors (Lipinski definition) is 1. The molecule has 4 nitrogen and oxygen atoms in total. The van der Waals surface area contributed by atoms with E-state index in [1.54, 1.807) is 6.07 Å². The fourth-order valence-electron chi connectivity index (χ4n) is 3.96. The van der Waals surface area contributed by atoms with Gasteiger partial charge in [0, 0.05) is 19.6 Å². The van der Waals surface area contributed by atoms with Gasteiger partial charge < -0.3 is 14.6 Å². The summed E-state index contributed by atoms with van der Waals surface area (Å²) in [4.78, 5) is 2.06. The molecule has 1 heterocycles. The molecule has 1 aliphatic carbocycles. The Balaban J connectivity index is 1.29. The molecule has 1 N–H and O–H groups in total. The second kappa shape index (κ2) is 8.55. The number of hydrogen-bond acceptors (Lipinski definition) is 4. The zero-order valence-electron chi connectivity index (χ0n) is 15.7. The Morgan fingerprint density at radius 1 is 1.11 bits per heavy atom. The van der Waals surface area contributed by atoms with Crippen LogP contribution in [0.15, 0.2) is 36.4 Å². The van der Waals surface area contributed by atoms with Crippen LogP contribution in [0, 0.1) is 11.6 Å². The number of nitrogens with zero attached hydrogens (tertiary/aromatic N) is 1. The van der Waals surface area contributed by atoms with Crippen molar-refractivity contribution in [2.24, 2.45) is 0 Å². The molecule has 4 rings (SSSR count). The number of rotatable bonds is 6. The van der Waals surface area contributed by atoms with E-state index in [-0.39, 0.29) is 12.7 Å². The lowest BCUT2D eigenvalue weighted by molar-refractivity contribution is -0.0460. The van der Waals surface area contributed by atoms with Crippen molar-refractivity contribution in [3.63, 3.8) is 0 Å². The van der Waals surface area contributed by atoms with Crippen LogP contribution in [0.4, 0.5) is 8.78 Å². The van der Waals surface area contributed by atoms with Crippen LogP contribution in [-0.4, -0.2) is 49.0 Å². The summed E-state index contributed by atoms with van der Waals surface area (Å²) < 4.78 is 38.1. The number of β-amino-alcohol motifs (C(OH)–C–C–N with tert-alkyl or cyclic N) is 1. The molecule has 2 aliphatic rings. The summed E-state index contributed by atoms with van der Waals surface area (Å²) in [7, 11) is 0. The molecule has 28 heavy (non-hydrogen) atoms. The smallest absolute Gasteiger partial charge is 0.159 e. The summed E-state index contributed by atoms with van der Waals surface area (Å²) in [6.45, 7) is 2.32. The molecule has 2 aromatic carbocycles. The molecule has 0 saturated carbocycles. The summed E-state index contributed by atoms with van der Waals surface area (Å²) >= 11 is 0.